The molecule has 34 heavy (non-hydrogen) atoms. The van der Waals surface area contributed by atoms with E-state index in [0.717, 1.165) is 34.7 Å². The topological polar surface area (TPSA) is 71.3 Å². The summed E-state index contributed by atoms with van der Waals surface area (Å²) < 4.78 is 31.8. The Morgan fingerprint density at radius 2 is 1.71 bits per heavy atom. The largest absolute Gasteiger partial charge is 0.360 e. The van der Waals surface area contributed by atoms with E-state index < -0.39 is 0 Å². The van der Waals surface area contributed by atoms with Crippen LogP contribution in [0.1, 0.15) is 29.5 Å². The van der Waals surface area contributed by atoms with E-state index in [4.69, 9.17) is 9.51 Å². The molecule has 2 amide bonds. The average molecular weight is 481 g/mol. The average Bonchev–Trinajstić information content (AvgIpc) is 3.48. The zero-order valence-corrected chi connectivity index (χ0v) is 19.2. The van der Waals surface area contributed by atoms with Crippen LogP contribution in [0.3, 0.4) is 0 Å². The number of halogens is 2. The van der Waals surface area contributed by atoms with Gasteiger partial charge in [-0.25, -0.2) is 18.6 Å². The summed E-state index contributed by atoms with van der Waals surface area (Å²) in [5.41, 5.74) is 3.57. The van der Waals surface area contributed by atoms with Crippen molar-refractivity contribution < 1.29 is 18.1 Å². The lowest BCUT2D eigenvalue weighted by Crippen LogP contribution is -2.40. The van der Waals surface area contributed by atoms with Crippen LogP contribution in [0.15, 0.2) is 58.4 Å². The summed E-state index contributed by atoms with van der Waals surface area (Å²) in [6.07, 6.45) is 1.61. The number of nitrogens with one attached hydrogen (secondary N) is 1. The van der Waals surface area contributed by atoms with Gasteiger partial charge in [-0.15, -0.1) is 11.3 Å². The number of rotatable bonds is 4. The number of amides is 2. The van der Waals surface area contributed by atoms with Crippen molar-refractivity contribution in [2.75, 3.05) is 18.4 Å². The highest BCUT2D eigenvalue weighted by Gasteiger charge is 2.27. The zero-order chi connectivity index (χ0) is 23.7. The molecule has 2 aromatic carbocycles. The third-order valence-electron chi connectivity index (χ3n) is 5.99. The number of aryl methyl sites for hydroxylation is 1. The fourth-order valence-electron chi connectivity index (χ4n) is 4.13. The molecule has 174 valence electrons. The molecule has 1 N–H and O–H groups in total. The Hall–Kier alpha value is -3.59. The number of urea groups is 1. The van der Waals surface area contributed by atoms with Gasteiger partial charge in [0, 0.05) is 35.6 Å². The quantitative estimate of drug-likeness (QED) is 0.364. The number of thiazole rings is 1. The summed E-state index contributed by atoms with van der Waals surface area (Å²) in [5.74, 6) is 0.262. The molecular formula is C25H22F2N4O2S. The Kier molecular flexibility index (Phi) is 6.10. The molecule has 0 unspecified atom stereocenters. The Morgan fingerprint density at radius 1 is 1.06 bits per heavy atom. The first-order valence-electron chi connectivity index (χ1n) is 11.0. The minimum absolute atomic E-state index is 0.186. The van der Waals surface area contributed by atoms with E-state index in [9.17, 15) is 13.6 Å². The van der Waals surface area contributed by atoms with Gasteiger partial charge in [0.2, 0.25) is 0 Å². The molecule has 0 aliphatic carbocycles. The number of aromatic nitrogens is 2. The molecule has 6 nitrogen and oxygen atoms in total. The monoisotopic (exact) mass is 480 g/mol. The Bertz CT molecular complexity index is 1290. The molecule has 9 heteroatoms. The van der Waals surface area contributed by atoms with E-state index in [0.29, 0.717) is 30.2 Å². The molecule has 0 bridgehead atoms. The van der Waals surface area contributed by atoms with Gasteiger partial charge in [0.05, 0.1) is 16.3 Å². The van der Waals surface area contributed by atoms with Crippen molar-refractivity contribution in [3.8, 4) is 22.5 Å². The van der Waals surface area contributed by atoms with Gasteiger partial charge >= 0.3 is 6.03 Å². The number of piperidine rings is 1. The van der Waals surface area contributed by atoms with E-state index in [2.05, 4.69) is 10.5 Å². The number of hydrogen-bond acceptors (Lipinski definition) is 5. The maximum absolute atomic E-state index is 13.3. The van der Waals surface area contributed by atoms with Crippen LogP contribution in [0, 0.1) is 18.6 Å². The van der Waals surface area contributed by atoms with Gasteiger partial charge < -0.3 is 14.7 Å². The van der Waals surface area contributed by atoms with Gasteiger partial charge in [0.1, 0.15) is 23.1 Å². The number of benzene rings is 2. The van der Waals surface area contributed by atoms with Crippen LogP contribution in [0.2, 0.25) is 0 Å². The molecule has 5 rings (SSSR count). The van der Waals surface area contributed by atoms with Gasteiger partial charge in [0.15, 0.2) is 0 Å². The third-order valence-corrected chi connectivity index (χ3v) is 6.99. The zero-order valence-electron chi connectivity index (χ0n) is 18.4. The number of carbonyl (C=O) groups is 1. The number of likely N-dealkylation sites (tertiary alicyclic amines) is 1. The summed E-state index contributed by atoms with van der Waals surface area (Å²) in [5, 5.41) is 10.0. The maximum Gasteiger partial charge on any atom is 0.321 e. The van der Waals surface area contributed by atoms with Crippen LogP contribution in [0.4, 0.5) is 19.3 Å². The van der Waals surface area contributed by atoms with Gasteiger partial charge in [-0.1, -0.05) is 5.16 Å². The van der Waals surface area contributed by atoms with Crippen molar-refractivity contribution in [3.05, 3.63) is 76.3 Å². The van der Waals surface area contributed by atoms with E-state index in [1.54, 1.807) is 40.5 Å². The van der Waals surface area contributed by atoms with Crippen molar-refractivity contribution in [2.45, 2.75) is 25.7 Å². The first-order valence-corrected chi connectivity index (χ1v) is 11.9. The summed E-state index contributed by atoms with van der Waals surface area (Å²) in [6.45, 7) is 3.06. The van der Waals surface area contributed by atoms with Crippen molar-refractivity contribution in [2.24, 2.45) is 0 Å². The molecular weight excluding hydrogens is 458 g/mol. The number of carbonyl (C=O) groups excluding carboxylic acids is 1. The second-order valence-corrected chi connectivity index (χ2v) is 9.13. The highest BCUT2D eigenvalue weighted by Crippen LogP contribution is 2.38. The molecule has 2 aromatic heterocycles. The van der Waals surface area contributed by atoms with Crippen molar-refractivity contribution in [1.82, 2.24) is 15.0 Å². The SMILES string of the molecule is Cc1onc(-c2ccc(F)cc2)c1-c1csc(C2CCN(C(=O)Nc3ccc(F)cc3)CC2)n1. The molecule has 1 saturated heterocycles. The number of anilines is 1. The van der Waals surface area contributed by atoms with Crippen LogP contribution in [0.25, 0.3) is 22.5 Å². The Labute approximate surface area is 199 Å². The van der Waals surface area contributed by atoms with Crippen molar-refractivity contribution >= 4 is 23.1 Å². The Morgan fingerprint density at radius 3 is 2.38 bits per heavy atom. The van der Waals surface area contributed by atoms with Crippen LogP contribution in [0.5, 0.6) is 0 Å². The lowest BCUT2D eigenvalue weighted by molar-refractivity contribution is 0.194. The lowest BCUT2D eigenvalue weighted by atomic mass is 9.97. The maximum atomic E-state index is 13.3. The number of nitrogens with zero attached hydrogens (tertiary/aromatic N) is 3. The molecule has 1 fully saturated rings. The molecule has 4 aromatic rings. The molecule has 0 radical (unpaired) electrons. The van der Waals surface area contributed by atoms with Crippen molar-refractivity contribution in [3.63, 3.8) is 0 Å². The number of hydrogen-bond donors (Lipinski definition) is 1. The Balaban J connectivity index is 1.26. The van der Waals surface area contributed by atoms with Gasteiger partial charge in [0.25, 0.3) is 0 Å². The molecule has 1 aliphatic heterocycles. The highest BCUT2D eigenvalue weighted by molar-refractivity contribution is 7.10. The second-order valence-electron chi connectivity index (χ2n) is 8.24. The third kappa shape index (κ3) is 4.56. The minimum atomic E-state index is -0.340. The molecule has 0 saturated carbocycles. The van der Waals surface area contributed by atoms with Crippen LogP contribution in [-0.4, -0.2) is 34.2 Å². The lowest BCUT2D eigenvalue weighted by Gasteiger charge is -2.31. The predicted octanol–water partition coefficient (Wildman–Crippen LogP) is 6.46. The van der Waals surface area contributed by atoms with E-state index in [1.165, 1.54) is 24.3 Å². The summed E-state index contributed by atoms with van der Waals surface area (Å²) >= 11 is 1.59. The molecule has 3 heterocycles. The molecule has 0 spiro atoms. The predicted molar refractivity (Wildman–Crippen MR) is 127 cm³/mol. The minimum Gasteiger partial charge on any atom is -0.360 e. The molecule has 0 atom stereocenters. The second kappa shape index (κ2) is 9.34. The highest BCUT2D eigenvalue weighted by atomic mass is 32.1. The van der Waals surface area contributed by atoms with Gasteiger partial charge in [-0.05, 0) is 68.3 Å². The standard InChI is InChI=1S/C25H22F2N4O2S/c1-15-22(23(30-33-15)16-2-4-18(26)5-3-16)21-14-34-24(29-21)17-10-12-31(13-11-17)25(32)28-20-8-6-19(27)7-9-20/h2-9,14,17H,10-13H2,1H3,(H,28,32). The van der Waals surface area contributed by atoms with Crippen LogP contribution >= 0.6 is 11.3 Å². The summed E-state index contributed by atoms with van der Waals surface area (Å²) in [6, 6.07) is 11.7. The first kappa shape index (κ1) is 22.2. The van der Waals surface area contributed by atoms with Crippen LogP contribution < -0.4 is 5.32 Å². The summed E-state index contributed by atoms with van der Waals surface area (Å²) in [4.78, 5) is 19.2. The normalized spacial score (nSPS) is 14.4. The fourth-order valence-corrected chi connectivity index (χ4v) is 5.12. The van der Waals surface area contributed by atoms with Gasteiger partial charge in [-0.3, -0.25) is 0 Å². The van der Waals surface area contributed by atoms with E-state index >= 15 is 0 Å². The van der Waals surface area contributed by atoms with Gasteiger partial charge in [-0.2, -0.15) is 0 Å². The smallest absolute Gasteiger partial charge is 0.321 e. The van der Waals surface area contributed by atoms with E-state index in [1.807, 2.05) is 12.3 Å². The first-order chi connectivity index (χ1) is 16.5. The fraction of sp³-hybridized carbons (Fsp3) is 0.240. The van der Waals surface area contributed by atoms with Crippen LogP contribution in [-0.2, 0) is 0 Å². The van der Waals surface area contributed by atoms with Crippen molar-refractivity contribution in [1.29, 1.82) is 0 Å². The van der Waals surface area contributed by atoms with E-state index in [-0.39, 0.29) is 23.6 Å². The molecule has 1 aliphatic rings. The summed E-state index contributed by atoms with van der Waals surface area (Å²) in [7, 11) is 0.